The highest BCUT2D eigenvalue weighted by Gasteiger charge is 2.38. The lowest BCUT2D eigenvalue weighted by Gasteiger charge is -2.33. The largest absolute Gasteiger partial charge is 0.357 e. The molecule has 0 rings (SSSR count). The van der Waals surface area contributed by atoms with E-state index in [4.69, 9.17) is 0 Å². The molecule has 0 radical (unpaired) electrons. The van der Waals surface area contributed by atoms with Crippen LogP contribution in [0.1, 0.15) is 53.9 Å². The summed E-state index contributed by atoms with van der Waals surface area (Å²) in [6.07, 6.45) is 4.32. The van der Waals surface area contributed by atoms with Crippen molar-refractivity contribution >= 4 is 29.5 Å². The average molecular weight is 433 g/mol. The molecule has 8 nitrogen and oxygen atoms in total. The van der Waals surface area contributed by atoms with E-state index in [-0.39, 0.29) is 17.7 Å². The lowest BCUT2D eigenvalue weighted by Crippen LogP contribution is -2.58. The number of carbonyl (C=O) groups excluding carboxylic acids is 3. The van der Waals surface area contributed by atoms with Gasteiger partial charge in [0.05, 0.1) is 5.92 Å². The van der Waals surface area contributed by atoms with Crippen LogP contribution in [0.15, 0.2) is 0 Å². The van der Waals surface area contributed by atoms with Gasteiger partial charge in [-0.05, 0) is 49.1 Å². The molecule has 0 aliphatic heterocycles. The van der Waals surface area contributed by atoms with Gasteiger partial charge < -0.3 is 16.0 Å². The molecule has 9 heteroatoms. The molecule has 0 unspecified atom stereocenters. The molecule has 5 N–H and O–H groups in total. The first-order valence-electron chi connectivity index (χ1n) is 10.2. The van der Waals surface area contributed by atoms with E-state index in [0.29, 0.717) is 13.0 Å². The van der Waals surface area contributed by atoms with Crippen LogP contribution in [-0.2, 0) is 14.4 Å². The zero-order chi connectivity index (χ0) is 22.6. The molecule has 0 saturated carbocycles. The van der Waals surface area contributed by atoms with E-state index in [1.54, 1.807) is 17.2 Å². The molecule has 3 atom stereocenters. The standard InChI is InChI=1S/C20H40N4O4S/c1-13(2)12-14(15(18(26)24-28)22-10-8-9-11-29-7)17(25)23-16(19(27)21-6)20(3,4)5/h13-16,22,28H,8-12H2,1-7H3,(H,21,27)(H,23,25)(H,24,26)/t14-,15+,16-/m1/s1. The van der Waals surface area contributed by atoms with E-state index in [2.05, 4.69) is 16.0 Å². The molecule has 0 heterocycles. The monoisotopic (exact) mass is 432 g/mol. The van der Waals surface area contributed by atoms with Gasteiger partial charge in [0.2, 0.25) is 11.8 Å². The lowest BCUT2D eigenvalue weighted by molar-refractivity contribution is -0.140. The SMILES string of the molecule is CNC(=O)[C@@H](NC(=O)[C@H](CC(C)C)[C@H](NCCCCSC)C(=O)NO)C(C)(C)C. The van der Waals surface area contributed by atoms with Crippen LogP contribution in [-0.4, -0.2) is 60.6 Å². The first-order valence-corrected chi connectivity index (χ1v) is 11.6. The van der Waals surface area contributed by atoms with Gasteiger partial charge in [0, 0.05) is 7.05 Å². The van der Waals surface area contributed by atoms with Crippen LogP contribution in [0.3, 0.4) is 0 Å². The third-order valence-electron chi connectivity index (χ3n) is 4.66. The van der Waals surface area contributed by atoms with Crippen molar-refractivity contribution in [1.82, 2.24) is 21.4 Å². The molecule has 0 aliphatic rings. The number of thioether (sulfide) groups is 1. The summed E-state index contributed by atoms with van der Waals surface area (Å²) in [4.78, 5) is 37.8. The third-order valence-corrected chi connectivity index (χ3v) is 5.35. The maximum atomic E-state index is 13.2. The molecule has 0 aromatic heterocycles. The predicted octanol–water partition coefficient (Wildman–Crippen LogP) is 1.53. The number of carbonyl (C=O) groups is 3. The van der Waals surface area contributed by atoms with Crippen molar-refractivity contribution in [3.63, 3.8) is 0 Å². The molecule has 0 aromatic carbocycles. The molecule has 0 spiro atoms. The van der Waals surface area contributed by atoms with Crippen molar-refractivity contribution in [1.29, 1.82) is 0 Å². The highest BCUT2D eigenvalue weighted by molar-refractivity contribution is 7.98. The Kier molecular flexibility index (Phi) is 13.2. The van der Waals surface area contributed by atoms with E-state index in [0.717, 1.165) is 18.6 Å². The number of rotatable bonds is 13. The lowest BCUT2D eigenvalue weighted by atomic mass is 9.84. The number of unbranched alkanes of at least 4 members (excludes halogenated alkanes) is 1. The summed E-state index contributed by atoms with van der Waals surface area (Å²) in [5.74, 6) is -0.880. The van der Waals surface area contributed by atoms with Crippen LogP contribution < -0.4 is 21.4 Å². The van der Waals surface area contributed by atoms with Crippen molar-refractivity contribution in [2.75, 3.05) is 25.6 Å². The van der Waals surface area contributed by atoms with Gasteiger partial charge in [-0.3, -0.25) is 19.6 Å². The molecule has 0 aromatic rings. The number of hydroxylamine groups is 1. The van der Waals surface area contributed by atoms with Crippen LogP contribution in [0.2, 0.25) is 0 Å². The highest BCUT2D eigenvalue weighted by Crippen LogP contribution is 2.22. The van der Waals surface area contributed by atoms with Crippen molar-refractivity contribution < 1.29 is 19.6 Å². The van der Waals surface area contributed by atoms with Gasteiger partial charge >= 0.3 is 0 Å². The van der Waals surface area contributed by atoms with E-state index >= 15 is 0 Å². The predicted molar refractivity (Wildman–Crippen MR) is 118 cm³/mol. The fourth-order valence-electron chi connectivity index (χ4n) is 3.09. The van der Waals surface area contributed by atoms with Gasteiger partial charge in [-0.15, -0.1) is 0 Å². The van der Waals surface area contributed by atoms with Crippen LogP contribution >= 0.6 is 11.8 Å². The first kappa shape index (κ1) is 27.7. The molecular formula is C20H40N4O4S. The second kappa shape index (κ2) is 13.8. The fraction of sp³-hybridized carbons (Fsp3) is 0.850. The van der Waals surface area contributed by atoms with Gasteiger partial charge in [0.15, 0.2) is 0 Å². The number of hydrogen-bond donors (Lipinski definition) is 5. The van der Waals surface area contributed by atoms with Crippen LogP contribution in [0, 0.1) is 17.3 Å². The van der Waals surface area contributed by atoms with E-state index in [9.17, 15) is 19.6 Å². The Balaban J connectivity index is 5.52. The Morgan fingerprint density at radius 1 is 1.03 bits per heavy atom. The van der Waals surface area contributed by atoms with Crippen molar-refractivity contribution in [2.45, 2.75) is 66.0 Å². The number of nitrogens with one attached hydrogen (secondary N) is 4. The molecule has 0 aliphatic carbocycles. The van der Waals surface area contributed by atoms with Gasteiger partial charge in [0.1, 0.15) is 12.1 Å². The number of amides is 3. The summed E-state index contributed by atoms with van der Waals surface area (Å²) >= 11 is 1.76. The van der Waals surface area contributed by atoms with Gasteiger partial charge in [-0.2, -0.15) is 11.8 Å². The zero-order valence-electron chi connectivity index (χ0n) is 18.9. The molecular weight excluding hydrogens is 392 g/mol. The first-order chi connectivity index (χ1) is 13.5. The smallest absolute Gasteiger partial charge is 0.261 e. The maximum Gasteiger partial charge on any atom is 0.261 e. The Morgan fingerprint density at radius 2 is 1.66 bits per heavy atom. The van der Waals surface area contributed by atoms with Gasteiger partial charge in [-0.25, -0.2) is 5.48 Å². The van der Waals surface area contributed by atoms with Gasteiger partial charge in [-0.1, -0.05) is 34.6 Å². The Hall–Kier alpha value is -1.32. The fourth-order valence-corrected chi connectivity index (χ4v) is 3.58. The Morgan fingerprint density at radius 3 is 2.10 bits per heavy atom. The average Bonchev–Trinajstić information content (AvgIpc) is 2.65. The second-order valence-electron chi connectivity index (χ2n) is 8.77. The Labute approximate surface area is 179 Å². The quantitative estimate of drug-likeness (QED) is 0.171. The molecule has 170 valence electrons. The number of hydrogen-bond acceptors (Lipinski definition) is 6. The van der Waals surface area contributed by atoms with Crippen molar-refractivity contribution in [3.8, 4) is 0 Å². The van der Waals surface area contributed by atoms with Crippen molar-refractivity contribution in [3.05, 3.63) is 0 Å². The van der Waals surface area contributed by atoms with Crippen LogP contribution in [0.25, 0.3) is 0 Å². The Bertz CT molecular complexity index is 523. The van der Waals surface area contributed by atoms with E-state index < -0.39 is 29.3 Å². The molecule has 3 amide bonds. The molecule has 0 saturated heterocycles. The zero-order valence-corrected chi connectivity index (χ0v) is 19.7. The van der Waals surface area contributed by atoms with Gasteiger partial charge in [0.25, 0.3) is 5.91 Å². The topological polar surface area (TPSA) is 120 Å². The molecule has 0 fully saturated rings. The second-order valence-corrected chi connectivity index (χ2v) is 9.75. The van der Waals surface area contributed by atoms with E-state index in [1.807, 2.05) is 40.9 Å². The summed E-state index contributed by atoms with van der Waals surface area (Å²) in [7, 11) is 1.52. The summed E-state index contributed by atoms with van der Waals surface area (Å²) in [5, 5.41) is 17.7. The summed E-state index contributed by atoms with van der Waals surface area (Å²) in [6, 6.07) is -1.63. The summed E-state index contributed by atoms with van der Waals surface area (Å²) < 4.78 is 0. The third kappa shape index (κ3) is 10.3. The highest BCUT2D eigenvalue weighted by atomic mass is 32.2. The maximum absolute atomic E-state index is 13.2. The summed E-state index contributed by atoms with van der Waals surface area (Å²) in [5.41, 5.74) is 1.18. The number of likely N-dealkylation sites (N-methyl/N-ethyl adjacent to an activating group) is 1. The molecule has 0 bridgehead atoms. The van der Waals surface area contributed by atoms with Crippen LogP contribution in [0.4, 0.5) is 0 Å². The normalized spacial score (nSPS) is 14.8. The van der Waals surface area contributed by atoms with Crippen molar-refractivity contribution in [2.24, 2.45) is 17.3 Å². The molecule has 29 heavy (non-hydrogen) atoms. The van der Waals surface area contributed by atoms with Crippen LogP contribution in [0.5, 0.6) is 0 Å². The minimum Gasteiger partial charge on any atom is -0.357 e. The summed E-state index contributed by atoms with van der Waals surface area (Å²) in [6.45, 7) is 10.1. The minimum atomic E-state index is -0.887. The minimum absolute atomic E-state index is 0.145. The van der Waals surface area contributed by atoms with E-state index in [1.165, 1.54) is 7.05 Å².